The summed E-state index contributed by atoms with van der Waals surface area (Å²) in [5.74, 6) is 0.409. The predicted octanol–water partition coefficient (Wildman–Crippen LogP) is 1.14. The summed E-state index contributed by atoms with van der Waals surface area (Å²) in [6.45, 7) is 3.45. The zero-order valence-electron chi connectivity index (χ0n) is 10.6. The summed E-state index contributed by atoms with van der Waals surface area (Å²) in [6.07, 6.45) is 6.73. The van der Waals surface area contributed by atoms with Crippen LogP contribution in [0.4, 0.5) is 0 Å². The molecule has 0 aromatic heterocycles. The number of carbonyl (C=O) groups excluding carboxylic acids is 1. The summed E-state index contributed by atoms with van der Waals surface area (Å²) in [7, 11) is 0. The molecule has 0 amide bonds. The van der Waals surface area contributed by atoms with Gasteiger partial charge in [-0.05, 0) is 38.8 Å². The third kappa shape index (κ3) is 3.42. The van der Waals surface area contributed by atoms with Gasteiger partial charge < -0.3 is 10.5 Å². The monoisotopic (exact) mass is 240 g/mol. The first-order valence-electron chi connectivity index (χ1n) is 6.91. The summed E-state index contributed by atoms with van der Waals surface area (Å²) in [5, 5.41) is 0. The van der Waals surface area contributed by atoms with E-state index in [0.29, 0.717) is 31.5 Å². The van der Waals surface area contributed by atoms with Gasteiger partial charge in [0.25, 0.3) is 0 Å². The minimum atomic E-state index is -0.138. The van der Waals surface area contributed by atoms with Crippen molar-refractivity contribution in [3.8, 4) is 0 Å². The number of fused-ring (bicyclic) bond motifs is 1. The van der Waals surface area contributed by atoms with E-state index in [9.17, 15) is 4.79 Å². The van der Waals surface area contributed by atoms with Gasteiger partial charge in [-0.3, -0.25) is 9.69 Å². The van der Waals surface area contributed by atoms with E-state index in [2.05, 4.69) is 4.90 Å². The van der Waals surface area contributed by atoms with Gasteiger partial charge in [0, 0.05) is 18.5 Å². The largest absolute Gasteiger partial charge is 0.465 e. The van der Waals surface area contributed by atoms with Crippen molar-refractivity contribution >= 4 is 5.97 Å². The summed E-state index contributed by atoms with van der Waals surface area (Å²) in [4.78, 5) is 13.9. The second-order valence-corrected chi connectivity index (χ2v) is 5.22. The molecule has 2 aliphatic rings. The van der Waals surface area contributed by atoms with Crippen molar-refractivity contribution in [3.05, 3.63) is 0 Å². The second kappa shape index (κ2) is 6.36. The fraction of sp³-hybridized carbons (Fsp3) is 0.923. The Hall–Kier alpha value is -0.610. The van der Waals surface area contributed by atoms with Crippen LogP contribution in [0.1, 0.15) is 38.5 Å². The molecule has 2 fully saturated rings. The third-order valence-electron chi connectivity index (χ3n) is 4.04. The first-order valence-corrected chi connectivity index (χ1v) is 6.91. The van der Waals surface area contributed by atoms with Gasteiger partial charge in [-0.25, -0.2) is 0 Å². The van der Waals surface area contributed by atoms with Crippen LogP contribution in [-0.4, -0.2) is 43.2 Å². The van der Waals surface area contributed by atoms with Gasteiger partial charge in [-0.15, -0.1) is 0 Å². The van der Waals surface area contributed by atoms with E-state index >= 15 is 0 Å². The highest BCUT2D eigenvalue weighted by Crippen LogP contribution is 2.30. The molecule has 0 aromatic carbocycles. The fourth-order valence-electron chi connectivity index (χ4n) is 3.16. The van der Waals surface area contributed by atoms with E-state index in [1.807, 2.05) is 0 Å². The zero-order valence-corrected chi connectivity index (χ0v) is 10.6. The van der Waals surface area contributed by atoms with Gasteiger partial charge in [-0.1, -0.05) is 6.42 Å². The van der Waals surface area contributed by atoms with Crippen molar-refractivity contribution in [1.82, 2.24) is 4.90 Å². The molecule has 2 saturated heterocycles. The Kier molecular flexibility index (Phi) is 4.80. The number of piperidine rings is 2. The lowest BCUT2D eigenvalue weighted by molar-refractivity contribution is -0.146. The number of rotatable bonds is 4. The van der Waals surface area contributed by atoms with E-state index < -0.39 is 0 Å². The second-order valence-electron chi connectivity index (χ2n) is 5.22. The van der Waals surface area contributed by atoms with E-state index in [1.165, 1.54) is 45.2 Å². The highest BCUT2D eigenvalue weighted by atomic mass is 16.5. The molecule has 2 atom stereocenters. The third-order valence-corrected chi connectivity index (χ3v) is 4.04. The molecular formula is C13H24N2O2. The summed E-state index contributed by atoms with van der Waals surface area (Å²) in [6, 6.07) is 0.656. The molecule has 0 bridgehead atoms. The molecule has 2 rings (SSSR count). The number of carbonyl (C=O) groups is 1. The maximum absolute atomic E-state index is 11.3. The molecule has 4 heteroatoms. The van der Waals surface area contributed by atoms with Gasteiger partial charge in [0.2, 0.25) is 0 Å². The number of hydrogen-bond acceptors (Lipinski definition) is 4. The van der Waals surface area contributed by atoms with Crippen LogP contribution in [0, 0.1) is 5.92 Å². The minimum Gasteiger partial charge on any atom is -0.465 e. The first-order chi connectivity index (χ1) is 8.31. The Labute approximate surface area is 103 Å². The topological polar surface area (TPSA) is 55.6 Å². The zero-order chi connectivity index (χ0) is 12.1. The van der Waals surface area contributed by atoms with E-state index in [0.717, 1.165) is 0 Å². The summed E-state index contributed by atoms with van der Waals surface area (Å²) < 4.78 is 5.33. The number of nitrogens with zero attached hydrogens (tertiary/aromatic N) is 1. The van der Waals surface area contributed by atoms with Crippen LogP contribution in [0.2, 0.25) is 0 Å². The number of esters is 1. The molecule has 2 heterocycles. The smallest absolute Gasteiger partial charge is 0.307 e. The molecule has 0 radical (unpaired) electrons. The number of ether oxygens (including phenoxy) is 1. The molecule has 17 heavy (non-hydrogen) atoms. The molecular weight excluding hydrogens is 216 g/mol. The van der Waals surface area contributed by atoms with Gasteiger partial charge in [0.1, 0.15) is 0 Å². The summed E-state index contributed by atoms with van der Waals surface area (Å²) in [5.41, 5.74) is 5.34. The van der Waals surface area contributed by atoms with Crippen molar-refractivity contribution in [2.24, 2.45) is 11.7 Å². The lowest BCUT2D eigenvalue weighted by Gasteiger charge is -2.44. The normalized spacial score (nSPS) is 29.7. The Balaban J connectivity index is 1.80. The van der Waals surface area contributed by atoms with Crippen LogP contribution in [0.5, 0.6) is 0 Å². The molecule has 98 valence electrons. The Morgan fingerprint density at radius 2 is 2.06 bits per heavy atom. The predicted molar refractivity (Wildman–Crippen MR) is 66.6 cm³/mol. The highest BCUT2D eigenvalue weighted by Gasteiger charge is 2.33. The van der Waals surface area contributed by atoms with Crippen molar-refractivity contribution in [3.63, 3.8) is 0 Å². The average molecular weight is 240 g/mol. The van der Waals surface area contributed by atoms with Crippen LogP contribution in [0.3, 0.4) is 0 Å². The van der Waals surface area contributed by atoms with Crippen molar-refractivity contribution in [1.29, 1.82) is 0 Å². The Morgan fingerprint density at radius 1 is 1.24 bits per heavy atom. The summed E-state index contributed by atoms with van der Waals surface area (Å²) >= 11 is 0. The van der Waals surface area contributed by atoms with Crippen molar-refractivity contribution in [2.45, 2.75) is 44.6 Å². The Bertz CT molecular complexity index is 256. The van der Waals surface area contributed by atoms with Crippen LogP contribution >= 0.6 is 0 Å². The maximum atomic E-state index is 11.3. The quantitative estimate of drug-likeness (QED) is 0.749. The molecule has 4 nitrogen and oxygen atoms in total. The van der Waals surface area contributed by atoms with Crippen molar-refractivity contribution in [2.75, 3.05) is 26.2 Å². The molecule has 0 aromatic rings. The van der Waals surface area contributed by atoms with E-state index in [1.54, 1.807) is 0 Å². The van der Waals surface area contributed by atoms with Gasteiger partial charge >= 0.3 is 5.97 Å². The molecule has 2 unspecified atom stereocenters. The van der Waals surface area contributed by atoms with E-state index in [-0.39, 0.29) is 5.97 Å². The fourth-order valence-corrected chi connectivity index (χ4v) is 3.16. The van der Waals surface area contributed by atoms with E-state index in [4.69, 9.17) is 10.5 Å². The standard InChI is InChI=1S/C13H24N2O2/c14-7-6-13(16)17-10-11-4-3-9-15-8-2-1-5-12(11)15/h11-12H,1-10,14H2. The van der Waals surface area contributed by atoms with Crippen LogP contribution in [-0.2, 0) is 9.53 Å². The molecule has 2 N–H and O–H groups in total. The minimum absolute atomic E-state index is 0.138. The van der Waals surface area contributed by atoms with Crippen LogP contribution in [0.15, 0.2) is 0 Å². The SMILES string of the molecule is NCCC(=O)OCC1CCCN2CCCCC12. The van der Waals surface area contributed by atoms with Crippen molar-refractivity contribution < 1.29 is 9.53 Å². The first kappa shape index (κ1) is 12.8. The molecule has 0 aliphatic carbocycles. The molecule has 0 saturated carbocycles. The lowest BCUT2D eigenvalue weighted by atomic mass is 9.84. The van der Waals surface area contributed by atoms with Gasteiger partial charge in [-0.2, -0.15) is 0 Å². The van der Waals surface area contributed by atoms with Gasteiger partial charge in [0.15, 0.2) is 0 Å². The maximum Gasteiger partial charge on any atom is 0.307 e. The van der Waals surface area contributed by atoms with Gasteiger partial charge in [0.05, 0.1) is 13.0 Å². The average Bonchev–Trinajstić information content (AvgIpc) is 2.36. The number of hydrogen-bond donors (Lipinski definition) is 1. The molecule has 0 spiro atoms. The lowest BCUT2D eigenvalue weighted by Crippen LogP contribution is -2.49. The van der Waals surface area contributed by atoms with Crippen LogP contribution < -0.4 is 5.73 Å². The molecule has 2 aliphatic heterocycles. The van der Waals surface area contributed by atoms with Crippen LogP contribution in [0.25, 0.3) is 0 Å². The Morgan fingerprint density at radius 3 is 2.88 bits per heavy atom. The highest BCUT2D eigenvalue weighted by molar-refractivity contribution is 5.69. The number of nitrogens with two attached hydrogens (primary N) is 1.